The van der Waals surface area contributed by atoms with Crippen LogP contribution in [0.5, 0.6) is 0 Å². The van der Waals surface area contributed by atoms with E-state index >= 15 is 0 Å². The highest BCUT2D eigenvalue weighted by atomic mass is 35.5. The SMILES string of the molecule is O=C(O)[C@H]1CC[C@H](Cl)CC1. The van der Waals surface area contributed by atoms with E-state index in [1.807, 2.05) is 0 Å². The van der Waals surface area contributed by atoms with E-state index in [1.54, 1.807) is 0 Å². The zero-order valence-electron chi connectivity index (χ0n) is 5.72. The first-order valence-electron chi connectivity index (χ1n) is 3.57. The third-order valence-corrected chi connectivity index (χ3v) is 2.44. The molecule has 0 aromatic carbocycles. The van der Waals surface area contributed by atoms with Gasteiger partial charge in [0, 0.05) is 5.38 Å². The predicted molar refractivity (Wildman–Crippen MR) is 39.2 cm³/mol. The van der Waals surface area contributed by atoms with Crippen LogP contribution in [-0.2, 0) is 4.79 Å². The third-order valence-electron chi connectivity index (χ3n) is 2.01. The highest BCUT2D eigenvalue weighted by Gasteiger charge is 2.24. The van der Waals surface area contributed by atoms with E-state index in [4.69, 9.17) is 16.7 Å². The maximum atomic E-state index is 10.4. The van der Waals surface area contributed by atoms with Gasteiger partial charge in [-0.15, -0.1) is 11.6 Å². The van der Waals surface area contributed by atoms with Gasteiger partial charge in [0.2, 0.25) is 0 Å². The summed E-state index contributed by atoms with van der Waals surface area (Å²) in [5.41, 5.74) is 0. The second kappa shape index (κ2) is 3.24. The molecule has 0 amide bonds. The van der Waals surface area contributed by atoms with Gasteiger partial charge in [0.05, 0.1) is 5.92 Å². The van der Waals surface area contributed by atoms with E-state index in [2.05, 4.69) is 0 Å². The van der Waals surface area contributed by atoms with Crippen molar-refractivity contribution in [3.05, 3.63) is 0 Å². The first kappa shape index (κ1) is 7.86. The monoisotopic (exact) mass is 162 g/mol. The van der Waals surface area contributed by atoms with Crippen LogP contribution in [0.3, 0.4) is 0 Å². The molecule has 1 aliphatic rings. The van der Waals surface area contributed by atoms with E-state index in [0.717, 1.165) is 25.7 Å². The average Bonchev–Trinajstić information content (AvgIpc) is 1.88. The van der Waals surface area contributed by atoms with Crippen molar-refractivity contribution in [2.24, 2.45) is 5.92 Å². The van der Waals surface area contributed by atoms with Gasteiger partial charge in [-0.1, -0.05) is 0 Å². The zero-order chi connectivity index (χ0) is 7.56. The van der Waals surface area contributed by atoms with E-state index in [0.29, 0.717) is 0 Å². The minimum absolute atomic E-state index is 0.130. The van der Waals surface area contributed by atoms with Crippen molar-refractivity contribution < 1.29 is 9.90 Å². The summed E-state index contributed by atoms with van der Waals surface area (Å²) in [6, 6.07) is 0. The molecule has 1 N–H and O–H groups in total. The molecule has 1 rings (SSSR count). The number of carboxylic acids is 1. The molecule has 0 atom stereocenters. The molecule has 1 fully saturated rings. The Bertz CT molecular complexity index is 128. The normalized spacial score (nSPS) is 33.7. The van der Waals surface area contributed by atoms with Gasteiger partial charge in [0.1, 0.15) is 0 Å². The quantitative estimate of drug-likeness (QED) is 0.598. The molecule has 0 unspecified atom stereocenters. The minimum atomic E-state index is -0.663. The summed E-state index contributed by atoms with van der Waals surface area (Å²) < 4.78 is 0. The third kappa shape index (κ3) is 1.87. The Morgan fingerprint density at radius 2 is 1.80 bits per heavy atom. The maximum absolute atomic E-state index is 10.4. The zero-order valence-corrected chi connectivity index (χ0v) is 6.47. The molecule has 1 aliphatic carbocycles. The number of carbonyl (C=O) groups is 1. The van der Waals surface area contributed by atoms with Crippen molar-refractivity contribution in [1.29, 1.82) is 0 Å². The molecule has 10 heavy (non-hydrogen) atoms. The number of carboxylic acid groups (broad SMARTS) is 1. The Morgan fingerprint density at radius 3 is 2.20 bits per heavy atom. The van der Waals surface area contributed by atoms with Crippen molar-refractivity contribution in [2.45, 2.75) is 31.1 Å². The van der Waals surface area contributed by atoms with Crippen LogP contribution in [0.1, 0.15) is 25.7 Å². The van der Waals surface area contributed by atoms with Crippen LogP contribution < -0.4 is 0 Å². The van der Waals surface area contributed by atoms with Gasteiger partial charge in [-0.2, -0.15) is 0 Å². The van der Waals surface area contributed by atoms with E-state index in [-0.39, 0.29) is 11.3 Å². The summed E-state index contributed by atoms with van der Waals surface area (Å²) in [4.78, 5) is 10.4. The lowest BCUT2D eigenvalue weighted by Crippen LogP contribution is -2.21. The summed E-state index contributed by atoms with van der Waals surface area (Å²) in [5.74, 6) is -0.793. The molecule has 3 heteroatoms. The van der Waals surface area contributed by atoms with Crippen LogP contribution in [0.4, 0.5) is 0 Å². The molecule has 58 valence electrons. The van der Waals surface area contributed by atoms with E-state index in [1.165, 1.54) is 0 Å². The van der Waals surface area contributed by atoms with Crippen LogP contribution in [-0.4, -0.2) is 16.5 Å². The maximum Gasteiger partial charge on any atom is 0.306 e. The van der Waals surface area contributed by atoms with Crippen molar-refractivity contribution in [3.63, 3.8) is 0 Å². The Morgan fingerprint density at radius 1 is 1.30 bits per heavy atom. The van der Waals surface area contributed by atoms with Gasteiger partial charge < -0.3 is 5.11 Å². The number of alkyl halides is 1. The molecule has 0 spiro atoms. The molecule has 0 aromatic heterocycles. The molecular weight excluding hydrogens is 152 g/mol. The molecule has 0 radical (unpaired) electrons. The standard InChI is InChI=1S/C7H11ClO2/c8-6-3-1-5(2-4-6)7(9)10/h5-6H,1-4H2,(H,9,10)/t5-,6-. The van der Waals surface area contributed by atoms with Gasteiger partial charge in [-0.25, -0.2) is 0 Å². The van der Waals surface area contributed by atoms with Gasteiger partial charge in [-0.05, 0) is 25.7 Å². The van der Waals surface area contributed by atoms with Crippen LogP contribution in [0.2, 0.25) is 0 Å². The summed E-state index contributed by atoms with van der Waals surface area (Å²) >= 11 is 5.79. The fraction of sp³-hybridized carbons (Fsp3) is 0.857. The average molecular weight is 163 g/mol. The van der Waals surface area contributed by atoms with E-state index < -0.39 is 5.97 Å². The van der Waals surface area contributed by atoms with E-state index in [9.17, 15) is 4.79 Å². The largest absolute Gasteiger partial charge is 0.481 e. The Balaban J connectivity index is 2.33. The number of rotatable bonds is 1. The molecular formula is C7H11ClO2. The molecule has 0 bridgehead atoms. The van der Waals surface area contributed by atoms with Crippen LogP contribution in [0.15, 0.2) is 0 Å². The first-order valence-corrected chi connectivity index (χ1v) is 4.00. The van der Waals surface area contributed by atoms with Crippen LogP contribution in [0, 0.1) is 5.92 Å². The van der Waals surface area contributed by atoms with Crippen molar-refractivity contribution >= 4 is 17.6 Å². The number of halogens is 1. The molecule has 0 saturated heterocycles. The smallest absolute Gasteiger partial charge is 0.306 e. The predicted octanol–water partition coefficient (Wildman–Crippen LogP) is 1.87. The first-order chi connectivity index (χ1) is 4.70. The molecule has 1 saturated carbocycles. The highest BCUT2D eigenvalue weighted by molar-refractivity contribution is 6.20. The second-order valence-corrected chi connectivity index (χ2v) is 3.40. The molecule has 0 heterocycles. The highest BCUT2D eigenvalue weighted by Crippen LogP contribution is 2.27. The Hall–Kier alpha value is -0.240. The van der Waals surface area contributed by atoms with Gasteiger partial charge >= 0.3 is 5.97 Å². The number of hydrogen-bond donors (Lipinski definition) is 1. The van der Waals surface area contributed by atoms with Crippen molar-refractivity contribution in [1.82, 2.24) is 0 Å². The second-order valence-electron chi connectivity index (χ2n) is 2.79. The molecule has 0 aromatic rings. The Kier molecular flexibility index (Phi) is 2.55. The van der Waals surface area contributed by atoms with Gasteiger partial charge in [0.25, 0.3) is 0 Å². The van der Waals surface area contributed by atoms with Crippen LogP contribution >= 0.6 is 11.6 Å². The van der Waals surface area contributed by atoms with Gasteiger partial charge in [0.15, 0.2) is 0 Å². The number of hydrogen-bond acceptors (Lipinski definition) is 1. The fourth-order valence-corrected chi connectivity index (χ4v) is 1.55. The van der Waals surface area contributed by atoms with Gasteiger partial charge in [-0.3, -0.25) is 4.79 Å². The van der Waals surface area contributed by atoms with Crippen LogP contribution in [0.25, 0.3) is 0 Å². The molecule has 2 nitrogen and oxygen atoms in total. The summed E-state index contributed by atoms with van der Waals surface area (Å²) in [6.07, 6.45) is 3.23. The lowest BCUT2D eigenvalue weighted by Gasteiger charge is -2.20. The molecule has 0 aliphatic heterocycles. The summed E-state index contributed by atoms with van der Waals surface area (Å²) in [5, 5.41) is 8.80. The minimum Gasteiger partial charge on any atom is -0.481 e. The lowest BCUT2D eigenvalue weighted by atomic mass is 9.89. The Labute approximate surface area is 65.2 Å². The lowest BCUT2D eigenvalue weighted by molar-refractivity contribution is -0.142. The van der Waals surface area contributed by atoms with Crippen molar-refractivity contribution in [3.8, 4) is 0 Å². The summed E-state index contributed by atoms with van der Waals surface area (Å²) in [6.45, 7) is 0. The summed E-state index contributed by atoms with van der Waals surface area (Å²) in [7, 11) is 0. The number of aliphatic carboxylic acids is 1. The van der Waals surface area contributed by atoms with Crippen molar-refractivity contribution in [2.75, 3.05) is 0 Å². The topological polar surface area (TPSA) is 37.3 Å². The fourth-order valence-electron chi connectivity index (χ4n) is 1.30.